The van der Waals surface area contributed by atoms with Gasteiger partial charge in [0.15, 0.2) is 0 Å². The molecule has 0 aliphatic rings. The van der Waals surface area contributed by atoms with Gasteiger partial charge in [0.25, 0.3) is 0 Å². The number of aromatic nitrogens is 1. The van der Waals surface area contributed by atoms with Crippen LogP contribution < -0.4 is 5.73 Å². The van der Waals surface area contributed by atoms with Gasteiger partial charge in [-0.25, -0.2) is 0 Å². The van der Waals surface area contributed by atoms with Gasteiger partial charge in [0.1, 0.15) is 0 Å². The Kier molecular flexibility index (Phi) is 2.40. The quantitative estimate of drug-likeness (QED) is 0.669. The van der Waals surface area contributed by atoms with E-state index in [1.807, 2.05) is 18.2 Å². The Hall–Kier alpha value is -0.890. The van der Waals surface area contributed by atoms with E-state index < -0.39 is 0 Å². The molecule has 10 heavy (non-hydrogen) atoms. The molecule has 1 heterocycles. The molecule has 1 aromatic heterocycles. The van der Waals surface area contributed by atoms with E-state index in [4.69, 9.17) is 5.73 Å². The first-order chi connectivity index (χ1) is 4.84. The van der Waals surface area contributed by atoms with E-state index in [-0.39, 0.29) is 6.04 Å². The van der Waals surface area contributed by atoms with Crippen molar-refractivity contribution in [2.75, 3.05) is 0 Å². The molecule has 0 aliphatic carbocycles. The predicted molar refractivity (Wildman–Crippen MR) is 41.5 cm³/mol. The molecule has 0 amide bonds. The molecule has 0 radical (unpaired) electrons. The minimum Gasteiger partial charge on any atom is -0.323 e. The largest absolute Gasteiger partial charge is 0.323 e. The predicted octanol–water partition coefficient (Wildman–Crippen LogP) is 1.49. The number of pyridine rings is 1. The van der Waals surface area contributed by atoms with Crippen molar-refractivity contribution in [1.29, 1.82) is 0 Å². The van der Waals surface area contributed by atoms with E-state index in [0.717, 1.165) is 12.1 Å². The zero-order chi connectivity index (χ0) is 7.40. The van der Waals surface area contributed by atoms with Crippen LogP contribution in [0.4, 0.5) is 0 Å². The molecule has 2 N–H and O–H groups in total. The molecule has 1 aromatic rings. The van der Waals surface area contributed by atoms with Gasteiger partial charge in [-0.2, -0.15) is 0 Å². The van der Waals surface area contributed by atoms with Crippen molar-refractivity contribution in [1.82, 2.24) is 4.98 Å². The summed E-state index contributed by atoms with van der Waals surface area (Å²) < 4.78 is 0. The third kappa shape index (κ3) is 1.54. The number of nitrogens with two attached hydrogens (primary N) is 1. The van der Waals surface area contributed by atoms with Crippen LogP contribution in [0.15, 0.2) is 24.4 Å². The Morgan fingerprint density at radius 1 is 1.60 bits per heavy atom. The summed E-state index contributed by atoms with van der Waals surface area (Å²) in [7, 11) is 0. The standard InChI is InChI=1S/C8H12N2/c1-2-7(9)8-5-3-4-6-10-8/h3-7H,2,9H2,1H3/t7-/m0/s1. The molecule has 0 fully saturated rings. The van der Waals surface area contributed by atoms with Crippen LogP contribution in [0.2, 0.25) is 0 Å². The SMILES string of the molecule is CC[C@H](N)c1ccccn1. The smallest absolute Gasteiger partial charge is 0.0570 e. The molecule has 54 valence electrons. The zero-order valence-electron chi connectivity index (χ0n) is 6.12. The minimum atomic E-state index is 0.0983. The van der Waals surface area contributed by atoms with Gasteiger partial charge < -0.3 is 5.73 Å². The summed E-state index contributed by atoms with van der Waals surface area (Å²) in [4.78, 5) is 4.12. The van der Waals surface area contributed by atoms with Gasteiger partial charge in [0.05, 0.1) is 5.69 Å². The molecule has 0 unspecified atom stereocenters. The molecule has 0 saturated carbocycles. The highest BCUT2D eigenvalue weighted by Gasteiger charge is 2.01. The lowest BCUT2D eigenvalue weighted by molar-refractivity contribution is 0.675. The third-order valence-corrected chi connectivity index (χ3v) is 1.51. The summed E-state index contributed by atoms with van der Waals surface area (Å²) in [6.45, 7) is 2.05. The monoisotopic (exact) mass is 136 g/mol. The molecular weight excluding hydrogens is 124 g/mol. The molecule has 0 saturated heterocycles. The lowest BCUT2D eigenvalue weighted by Crippen LogP contribution is -2.09. The molecule has 2 nitrogen and oxygen atoms in total. The summed E-state index contributed by atoms with van der Waals surface area (Å²) in [5.41, 5.74) is 6.71. The maximum Gasteiger partial charge on any atom is 0.0570 e. The summed E-state index contributed by atoms with van der Waals surface area (Å²) in [6, 6.07) is 5.90. The normalized spacial score (nSPS) is 13.0. The molecule has 1 atom stereocenters. The Bertz CT molecular complexity index is 184. The van der Waals surface area contributed by atoms with E-state index in [2.05, 4.69) is 11.9 Å². The maximum atomic E-state index is 5.73. The number of hydrogen-bond acceptors (Lipinski definition) is 2. The maximum absolute atomic E-state index is 5.73. The second kappa shape index (κ2) is 3.32. The van der Waals surface area contributed by atoms with Crippen molar-refractivity contribution in [3.05, 3.63) is 30.1 Å². The van der Waals surface area contributed by atoms with E-state index in [1.54, 1.807) is 6.20 Å². The van der Waals surface area contributed by atoms with E-state index in [9.17, 15) is 0 Å². The first kappa shape index (κ1) is 7.22. The average Bonchev–Trinajstić information content (AvgIpc) is 2.05. The number of rotatable bonds is 2. The summed E-state index contributed by atoms with van der Waals surface area (Å²) in [5.74, 6) is 0. The summed E-state index contributed by atoms with van der Waals surface area (Å²) >= 11 is 0. The van der Waals surface area contributed by atoms with Crippen LogP contribution in [-0.4, -0.2) is 4.98 Å². The van der Waals surface area contributed by atoms with Crippen LogP contribution in [0.3, 0.4) is 0 Å². The van der Waals surface area contributed by atoms with Gasteiger partial charge in [0, 0.05) is 12.2 Å². The first-order valence-corrected chi connectivity index (χ1v) is 3.51. The Morgan fingerprint density at radius 3 is 2.90 bits per heavy atom. The van der Waals surface area contributed by atoms with Gasteiger partial charge in [-0.05, 0) is 18.6 Å². The second-order valence-corrected chi connectivity index (χ2v) is 2.27. The fraction of sp³-hybridized carbons (Fsp3) is 0.375. The molecule has 0 spiro atoms. The Labute approximate surface area is 61.1 Å². The van der Waals surface area contributed by atoms with Crippen LogP contribution in [0.5, 0.6) is 0 Å². The molecule has 1 rings (SSSR count). The van der Waals surface area contributed by atoms with Crippen molar-refractivity contribution in [3.8, 4) is 0 Å². The fourth-order valence-electron chi connectivity index (χ4n) is 0.804. The minimum absolute atomic E-state index is 0.0983. The van der Waals surface area contributed by atoms with Crippen molar-refractivity contribution >= 4 is 0 Å². The summed E-state index contributed by atoms with van der Waals surface area (Å²) in [5, 5.41) is 0. The molecule has 0 bridgehead atoms. The van der Waals surface area contributed by atoms with E-state index in [1.165, 1.54) is 0 Å². The zero-order valence-corrected chi connectivity index (χ0v) is 6.12. The second-order valence-electron chi connectivity index (χ2n) is 2.27. The molecule has 0 aliphatic heterocycles. The Balaban J connectivity index is 2.75. The molecule has 2 heteroatoms. The van der Waals surface area contributed by atoms with Gasteiger partial charge in [-0.15, -0.1) is 0 Å². The third-order valence-electron chi connectivity index (χ3n) is 1.51. The van der Waals surface area contributed by atoms with Crippen molar-refractivity contribution < 1.29 is 0 Å². The number of nitrogens with zero attached hydrogens (tertiary/aromatic N) is 1. The van der Waals surface area contributed by atoms with Gasteiger partial charge in [-0.3, -0.25) is 4.98 Å². The lowest BCUT2D eigenvalue weighted by atomic mass is 10.1. The van der Waals surface area contributed by atoms with Crippen LogP contribution >= 0.6 is 0 Å². The highest BCUT2D eigenvalue weighted by atomic mass is 14.8. The average molecular weight is 136 g/mol. The summed E-state index contributed by atoms with van der Waals surface area (Å²) in [6.07, 6.45) is 2.71. The van der Waals surface area contributed by atoms with Crippen molar-refractivity contribution in [2.24, 2.45) is 5.73 Å². The molecular formula is C8H12N2. The van der Waals surface area contributed by atoms with Gasteiger partial charge in [-0.1, -0.05) is 13.0 Å². The highest BCUT2D eigenvalue weighted by molar-refractivity contribution is 5.07. The van der Waals surface area contributed by atoms with Crippen molar-refractivity contribution in [3.63, 3.8) is 0 Å². The van der Waals surface area contributed by atoms with Crippen LogP contribution in [0, 0.1) is 0 Å². The topological polar surface area (TPSA) is 38.9 Å². The first-order valence-electron chi connectivity index (χ1n) is 3.51. The molecule has 0 aromatic carbocycles. The number of hydrogen-bond donors (Lipinski definition) is 1. The van der Waals surface area contributed by atoms with Gasteiger partial charge in [0.2, 0.25) is 0 Å². The van der Waals surface area contributed by atoms with E-state index in [0.29, 0.717) is 0 Å². The highest BCUT2D eigenvalue weighted by Crippen LogP contribution is 2.08. The van der Waals surface area contributed by atoms with E-state index >= 15 is 0 Å². The van der Waals surface area contributed by atoms with Crippen molar-refractivity contribution in [2.45, 2.75) is 19.4 Å². The lowest BCUT2D eigenvalue weighted by Gasteiger charge is -2.05. The fourth-order valence-corrected chi connectivity index (χ4v) is 0.804. The van der Waals surface area contributed by atoms with Crippen LogP contribution in [0.1, 0.15) is 25.1 Å². The van der Waals surface area contributed by atoms with Crippen LogP contribution in [0.25, 0.3) is 0 Å². The van der Waals surface area contributed by atoms with Crippen LogP contribution in [-0.2, 0) is 0 Å². The van der Waals surface area contributed by atoms with Gasteiger partial charge >= 0.3 is 0 Å². The Morgan fingerprint density at radius 2 is 2.40 bits per heavy atom.